The monoisotopic (exact) mass is 320 g/mol. The molecule has 122 valence electrons. The number of carbonyl (C=O) groups is 3. The quantitative estimate of drug-likeness (QED) is 0.819. The number of aromatic hydroxyl groups is 1. The third kappa shape index (κ3) is 2.32. The maximum Gasteiger partial charge on any atom is 0.354 e. The first-order valence-electron chi connectivity index (χ1n) is 7.21. The fourth-order valence-corrected chi connectivity index (χ4v) is 3.11. The number of Topliss-reactive ketones (excluding diaryl/α,β-unsaturated/α-hetero) is 1. The Morgan fingerprint density at radius 3 is 2.74 bits per heavy atom. The summed E-state index contributed by atoms with van der Waals surface area (Å²) in [6, 6.07) is 3.00. The number of cyclic esters (lactones) is 1. The van der Waals surface area contributed by atoms with E-state index in [1.807, 2.05) is 0 Å². The number of benzene rings is 1. The van der Waals surface area contributed by atoms with Gasteiger partial charge in [0.25, 0.3) is 0 Å². The molecule has 0 radical (unpaired) electrons. The van der Waals surface area contributed by atoms with Crippen molar-refractivity contribution >= 4 is 17.7 Å². The lowest BCUT2D eigenvalue weighted by atomic mass is 9.83. The average molecular weight is 320 g/mol. The van der Waals surface area contributed by atoms with Gasteiger partial charge in [0.1, 0.15) is 17.1 Å². The largest absolute Gasteiger partial charge is 0.507 e. The molecule has 2 aliphatic heterocycles. The van der Waals surface area contributed by atoms with Crippen LogP contribution in [0.25, 0.3) is 0 Å². The highest BCUT2D eigenvalue weighted by molar-refractivity contribution is 6.06. The zero-order valence-corrected chi connectivity index (χ0v) is 12.8. The summed E-state index contributed by atoms with van der Waals surface area (Å²) in [6.45, 7) is 1.72. The van der Waals surface area contributed by atoms with Crippen molar-refractivity contribution in [3.8, 4) is 11.5 Å². The van der Waals surface area contributed by atoms with Crippen LogP contribution in [-0.4, -0.2) is 41.6 Å². The fourth-order valence-electron chi connectivity index (χ4n) is 3.11. The van der Waals surface area contributed by atoms with Gasteiger partial charge in [0, 0.05) is 6.42 Å². The van der Waals surface area contributed by atoms with Crippen LogP contribution in [0, 0.1) is 6.92 Å². The van der Waals surface area contributed by atoms with E-state index < -0.39 is 29.4 Å². The minimum atomic E-state index is -1.72. The van der Waals surface area contributed by atoms with Crippen molar-refractivity contribution in [3.63, 3.8) is 0 Å². The molecule has 2 heterocycles. The number of aryl methyl sites for hydroxylation is 1. The Kier molecular flexibility index (Phi) is 3.50. The molecule has 1 aromatic rings. The summed E-state index contributed by atoms with van der Waals surface area (Å²) in [5, 5.41) is 9.98. The molecule has 0 amide bonds. The second-order valence-electron chi connectivity index (χ2n) is 5.76. The van der Waals surface area contributed by atoms with Crippen LogP contribution in [0.2, 0.25) is 0 Å². The van der Waals surface area contributed by atoms with E-state index in [1.54, 1.807) is 13.0 Å². The molecule has 7 heteroatoms. The van der Waals surface area contributed by atoms with Gasteiger partial charge in [-0.05, 0) is 31.0 Å². The Labute approximate surface area is 132 Å². The fraction of sp³-hybridized carbons (Fsp3) is 0.438. The number of phenols is 1. The third-order valence-electron chi connectivity index (χ3n) is 4.16. The smallest absolute Gasteiger partial charge is 0.354 e. The molecule has 0 saturated carbocycles. The van der Waals surface area contributed by atoms with Crippen molar-refractivity contribution < 1.29 is 33.7 Å². The summed E-state index contributed by atoms with van der Waals surface area (Å²) in [5.74, 6) is -1.81. The lowest BCUT2D eigenvalue weighted by Gasteiger charge is -2.38. The number of phenolic OH excluding ortho intramolecular Hbond substituents is 1. The van der Waals surface area contributed by atoms with E-state index in [9.17, 15) is 19.5 Å². The Bertz CT molecular complexity index is 709. The standard InChI is InChI=1S/C16H16O7/c1-8-5-9(17)14-10(18)7-16(15(20)21-2,23-11(14)6-8)12-3-4-13(19)22-12/h5-6,12,17H,3-4,7H2,1-2H3/t12-,16-/m1/s1. The highest BCUT2D eigenvalue weighted by atomic mass is 16.6. The van der Waals surface area contributed by atoms with Gasteiger partial charge in [-0.25, -0.2) is 4.79 Å². The molecule has 1 aromatic carbocycles. The van der Waals surface area contributed by atoms with Crippen LogP contribution in [0.5, 0.6) is 11.5 Å². The summed E-state index contributed by atoms with van der Waals surface area (Å²) < 4.78 is 15.8. The minimum absolute atomic E-state index is 0.0273. The topological polar surface area (TPSA) is 99.1 Å². The van der Waals surface area contributed by atoms with Crippen LogP contribution >= 0.6 is 0 Å². The Morgan fingerprint density at radius 1 is 1.39 bits per heavy atom. The second kappa shape index (κ2) is 5.26. The van der Waals surface area contributed by atoms with E-state index >= 15 is 0 Å². The van der Waals surface area contributed by atoms with Crippen LogP contribution in [0.4, 0.5) is 0 Å². The number of ketones is 1. The molecule has 0 unspecified atom stereocenters. The maximum absolute atomic E-state index is 12.5. The molecular weight excluding hydrogens is 304 g/mol. The first-order chi connectivity index (χ1) is 10.9. The van der Waals surface area contributed by atoms with Crippen LogP contribution in [-0.2, 0) is 19.1 Å². The normalized spacial score (nSPS) is 26.3. The molecule has 1 fully saturated rings. The van der Waals surface area contributed by atoms with Gasteiger partial charge >= 0.3 is 11.9 Å². The lowest BCUT2D eigenvalue weighted by Crippen LogP contribution is -2.58. The maximum atomic E-state index is 12.5. The van der Waals surface area contributed by atoms with Crippen LogP contribution in [0.15, 0.2) is 12.1 Å². The van der Waals surface area contributed by atoms with E-state index in [1.165, 1.54) is 13.2 Å². The molecule has 2 aliphatic rings. The van der Waals surface area contributed by atoms with Crippen molar-refractivity contribution in [1.29, 1.82) is 0 Å². The molecular formula is C16H16O7. The van der Waals surface area contributed by atoms with Crippen LogP contribution in [0.1, 0.15) is 35.2 Å². The van der Waals surface area contributed by atoms with E-state index in [-0.39, 0.29) is 36.3 Å². The van der Waals surface area contributed by atoms with Gasteiger partial charge in [-0.15, -0.1) is 0 Å². The Hall–Kier alpha value is -2.57. The molecule has 0 bridgehead atoms. The first-order valence-corrected chi connectivity index (χ1v) is 7.21. The lowest BCUT2D eigenvalue weighted by molar-refractivity contribution is -0.175. The van der Waals surface area contributed by atoms with Crippen molar-refractivity contribution in [2.45, 2.75) is 37.9 Å². The predicted octanol–water partition coefficient (Wildman–Crippen LogP) is 1.28. The van der Waals surface area contributed by atoms with Crippen molar-refractivity contribution in [2.75, 3.05) is 7.11 Å². The molecule has 2 atom stereocenters. The second-order valence-corrected chi connectivity index (χ2v) is 5.76. The highest BCUT2D eigenvalue weighted by Crippen LogP contribution is 2.43. The van der Waals surface area contributed by atoms with E-state index in [0.29, 0.717) is 5.56 Å². The predicted molar refractivity (Wildman–Crippen MR) is 76.3 cm³/mol. The number of carbonyl (C=O) groups excluding carboxylic acids is 3. The van der Waals surface area contributed by atoms with Crippen LogP contribution < -0.4 is 4.74 Å². The van der Waals surface area contributed by atoms with E-state index in [0.717, 1.165) is 0 Å². The van der Waals surface area contributed by atoms with Crippen molar-refractivity contribution in [3.05, 3.63) is 23.3 Å². The molecule has 0 spiro atoms. The number of ether oxygens (including phenoxy) is 3. The first kappa shape index (κ1) is 15.3. The third-order valence-corrected chi connectivity index (χ3v) is 4.16. The zero-order chi connectivity index (χ0) is 16.8. The summed E-state index contributed by atoms with van der Waals surface area (Å²) in [4.78, 5) is 36.3. The zero-order valence-electron chi connectivity index (χ0n) is 12.8. The average Bonchev–Trinajstić information content (AvgIpc) is 2.92. The number of methoxy groups -OCH3 is 1. The summed E-state index contributed by atoms with van der Waals surface area (Å²) in [7, 11) is 1.18. The SMILES string of the molecule is COC(=O)[C@]1([C@H]2CCC(=O)O2)CC(=O)c2c(O)cc(C)cc2O1. The van der Waals surface area contributed by atoms with Gasteiger partial charge in [-0.2, -0.15) is 0 Å². The van der Waals surface area contributed by atoms with Gasteiger partial charge in [0.05, 0.1) is 13.5 Å². The van der Waals surface area contributed by atoms with Gasteiger partial charge in [0.2, 0.25) is 5.60 Å². The Balaban J connectivity index is 2.10. The summed E-state index contributed by atoms with van der Waals surface area (Å²) in [5.41, 5.74) is -1.02. The number of esters is 2. The van der Waals surface area contributed by atoms with Gasteiger partial charge in [-0.1, -0.05) is 0 Å². The van der Waals surface area contributed by atoms with Crippen molar-refractivity contribution in [1.82, 2.24) is 0 Å². The number of hydrogen-bond donors (Lipinski definition) is 1. The highest BCUT2D eigenvalue weighted by Gasteiger charge is 2.57. The van der Waals surface area contributed by atoms with E-state index in [2.05, 4.69) is 0 Å². The summed E-state index contributed by atoms with van der Waals surface area (Å²) >= 11 is 0. The molecule has 7 nitrogen and oxygen atoms in total. The number of fused-ring (bicyclic) bond motifs is 1. The van der Waals surface area contributed by atoms with E-state index in [4.69, 9.17) is 14.2 Å². The van der Waals surface area contributed by atoms with Gasteiger partial charge in [-0.3, -0.25) is 9.59 Å². The van der Waals surface area contributed by atoms with Crippen molar-refractivity contribution in [2.24, 2.45) is 0 Å². The Morgan fingerprint density at radius 2 is 2.13 bits per heavy atom. The number of rotatable bonds is 2. The number of hydrogen-bond acceptors (Lipinski definition) is 7. The molecule has 1 N–H and O–H groups in total. The van der Waals surface area contributed by atoms with Gasteiger partial charge < -0.3 is 19.3 Å². The molecule has 0 aromatic heterocycles. The minimum Gasteiger partial charge on any atom is -0.507 e. The summed E-state index contributed by atoms with van der Waals surface area (Å²) in [6.07, 6.45) is -0.857. The molecule has 0 aliphatic carbocycles. The molecule has 3 rings (SSSR count). The van der Waals surface area contributed by atoms with Crippen LogP contribution in [0.3, 0.4) is 0 Å². The molecule has 23 heavy (non-hydrogen) atoms. The molecule has 1 saturated heterocycles. The van der Waals surface area contributed by atoms with Gasteiger partial charge in [0.15, 0.2) is 11.9 Å².